The van der Waals surface area contributed by atoms with Crippen molar-refractivity contribution in [3.63, 3.8) is 0 Å². The fraction of sp³-hybridized carbons (Fsp3) is 0.312. The molecule has 0 radical (unpaired) electrons. The molecule has 0 amide bonds. The number of nitrogens with one attached hydrogen (secondary N) is 1. The minimum absolute atomic E-state index is 0.101. The number of pyridine rings is 1. The maximum absolute atomic E-state index is 13.7. The Balaban J connectivity index is 1.41. The zero-order valence-electron chi connectivity index (χ0n) is 23.6. The van der Waals surface area contributed by atoms with Crippen LogP contribution < -0.4 is 10.5 Å². The Kier molecular flexibility index (Phi) is 6.94. The van der Waals surface area contributed by atoms with Crippen LogP contribution in [0.15, 0.2) is 71.5 Å². The summed E-state index contributed by atoms with van der Waals surface area (Å²) in [6.07, 6.45) is 0. The number of tetrazole rings is 1. The molecule has 1 aliphatic rings. The van der Waals surface area contributed by atoms with Crippen LogP contribution in [-0.4, -0.2) is 56.3 Å². The number of hydrogen-bond acceptors (Lipinski definition) is 6. The molecule has 3 aromatic carbocycles. The van der Waals surface area contributed by atoms with Gasteiger partial charge in [-0.15, -0.1) is 5.10 Å². The van der Waals surface area contributed by atoms with Crippen LogP contribution in [0.1, 0.15) is 45.2 Å². The number of anilines is 1. The Labute approximate surface area is 234 Å². The van der Waals surface area contributed by atoms with Gasteiger partial charge in [-0.3, -0.25) is 9.69 Å². The van der Waals surface area contributed by atoms with Crippen molar-refractivity contribution in [2.45, 2.75) is 40.3 Å². The highest BCUT2D eigenvalue weighted by Gasteiger charge is 2.33. The number of nitrogens with zero attached hydrogens (tertiary/aromatic N) is 6. The van der Waals surface area contributed by atoms with Crippen LogP contribution in [0.3, 0.4) is 0 Å². The Morgan fingerprint density at radius 2 is 1.65 bits per heavy atom. The van der Waals surface area contributed by atoms with E-state index in [1.807, 2.05) is 35.9 Å². The fourth-order valence-corrected chi connectivity index (χ4v) is 5.98. The molecule has 0 bridgehead atoms. The van der Waals surface area contributed by atoms with Gasteiger partial charge in [-0.2, -0.15) is 0 Å². The first-order valence-electron chi connectivity index (χ1n) is 13.9. The molecule has 5 aromatic rings. The standard InChI is InChI=1S/C32H35N7O/c1-21-17-23(3)29-26(18-21)19-27(32(40)33-29)30(31-34-35-36-39(31)20-25-10-6-5-7-11-25)38-15-13-37(14-16-38)28-12-8-9-22(2)24(28)4/h5-12,17-19,30H,13-16,20H2,1-4H3,(H,33,40)/t30-/m1/s1. The van der Waals surface area contributed by atoms with Gasteiger partial charge in [0.15, 0.2) is 5.82 Å². The number of piperazine rings is 1. The molecule has 1 aliphatic heterocycles. The van der Waals surface area contributed by atoms with E-state index in [9.17, 15) is 4.79 Å². The summed E-state index contributed by atoms with van der Waals surface area (Å²) in [5.41, 5.74) is 8.66. The fourth-order valence-electron chi connectivity index (χ4n) is 5.98. The van der Waals surface area contributed by atoms with E-state index in [-0.39, 0.29) is 11.6 Å². The molecule has 1 N–H and O–H groups in total. The molecule has 0 unspecified atom stereocenters. The van der Waals surface area contributed by atoms with E-state index in [1.165, 1.54) is 16.8 Å². The van der Waals surface area contributed by atoms with E-state index < -0.39 is 0 Å². The van der Waals surface area contributed by atoms with Gasteiger partial charge in [-0.1, -0.05) is 54.1 Å². The molecule has 2 aromatic heterocycles. The van der Waals surface area contributed by atoms with Crippen LogP contribution >= 0.6 is 0 Å². The molecule has 204 valence electrons. The number of benzene rings is 3. The minimum Gasteiger partial charge on any atom is -0.369 e. The monoisotopic (exact) mass is 533 g/mol. The first kappa shape index (κ1) is 26.0. The van der Waals surface area contributed by atoms with Crippen molar-refractivity contribution >= 4 is 16.6 Å². The number of hydrogen-bond donors (Lipinski definition) is 1. The molecule has 0 spiro atoms. The van der Waals surface area contributed by atoms with Gasteiger partial charge < -0.3 is 9.88 Å². The zero-order valence-corrected chi connectivity index (χ0v) is 23.6. The lowest BCUT2D eigenvalue weighted by molar-refractivity contribution is 0.200. The highest BCUT2D eigenvalue weighted by atomic mass is 16.1. The van der Waals surface area contributed by atoms with E-state index in [2.05, 4.69) is 93.5 Å². The predicted molar refractivity (Wildman–Crippen MR) is 159 cm³/mol. The summed E-state index contributed by atoms with van der Waals surface area (Å²) in [5.74, 6) is 0.679. The largest absolute Gasteiger partial charge is 0.369 e. The van der Waals surface area contributed by atoms with Gasteiger partial charge in [0.25, 0.3) is 5.56 Å². The van der Waals surface area contributed by atoms with E-state index in [1.54, 1.807) is 0 Å². The second-order valence-corrected chi connectivity index (χ2v) is 10.9. The molecule has 1 saturated heterocycles. The Morgan fingerprint density at radius 1 is 0.875 bits per heavy atom. The first-order chi connectivity index (χ1) is 19.4. The Hall–Kier alpha value is -4.30. The molecule has 8 nitrogen and oxygen atoms in total. The van der Waals surface area contributed by atoms with Crippen LogP contribution in [0.2, 0.25) is 0 Å². The average Bonchev–Trinajstić information content (AvgIpc) is 3.39. The van der Waals surface area contributed by atoms with Gasteiger partial charge in [0.05, 0.1) is 12.1 Å². The number of aromatic amines is 1. The predicted octanol–water partition coefficient (Wildman–Crippen LogP) is 4.71. The maximum Gasteiger partial charge on any atom is 0.253 e. The molecule has 1 atom stereocenters. The molecule has 0 aliphatic carbocycles. The SMILES string of the molecule is Cc1cc(C)c2[nH]c(=O)c([C@H](c3nnnn3Cc3ccccc3)N3CCN(c4cccc(C)c4C)CC3)cc2c1. The van der Waals surface area contributed by atoms with Crippen molar-refractivity contribution in [1.82, 2.24) is 30.1 Å². The first-order valence-corrected chi connectivity index (χ1v) is 13.9. The van der Waals surface area contributed by atoms with Crippen molar-refractivity contribution in [1.29, 1.82) is 0 Å². The molecule has 0 saturated carbocycles. The number of fused-ring (bicyclic) bond motifs is 1. The van der Waals surface area contributed by atoms with Crippen LogP contribution in [0.4, 0.5) is 5.69 Å². The van der Waals surface area contributed by atoms with Crippen LogP contribution in [0.5, 0.6) is 0 Å². The van der Waals surface area contributed by atoms with Crippen molar-refractivity contribution in [2.75, 3.05) is 31.1 Å². The third-order valence-electron chi connectivity index (χ3n) is 8.19. The van der Waals surface area contributed by atoms with Crippen molar-refractivity contribution in [3.8, 4) is 0 Å². The van der Waals surface area contributed by atoms with Gasteiger partial charge in [0.2, 0.25) is 0 Å². The number of rotatable bonds is 6. The summed E-state index contributed by atoms with van der Waals surface area (Å²) < 4.78 is 1.84. The zero-order chi connectivity index (χ0) is 27.8. The molecular formula is C32H35N7O. The molecular weight excluding hydrogens is 498 g/mol. The highest BCUT2D eigenvalue weighted by Crippen LogP contribution is 2.31. The smallest absolute Gasteiger partial charge is 0.253 e. The molecule has 1 fully saturated rings. The Bertz CT molecular complexity index is 1720. The normalized spacial score (nSPS) is 15.1. The topological polar surface area (TPSA) is 82.9 Å². The quantitative estimate of drug-likeness (QED) is 0.341. The molecule has 6 rings (SSSR count). The number of aryl methyl sites for hydroxylation is 3. The van der Waals surface area contributed by atoms with Crippen molar-refractivity contribution in [3.05, 3.63) is 116 Å². The second-order valence-electron chi connectivity index (χ2n) is 10.9. The van der Waals surface area contributed by atoms with Crippen molar-refractivity contribution in [2.24, 2.45) is 0 Å². The van der Waals surface area contributed by atoms with Gasteiger partial charge >= 0.3 is 0 Å². The second kappa shape index (κ2) is 10.7. The lowest BCUT2D eigenvalue weighted by atomic mass is 10.00. The Morgan fingerprint density at radius 3 is 2.42 bits per heavy atom. The van der Waals surface area contributed by atoms with E-state index >= 15 is 0 Å². The summed E-state index contributed by atoms with van der Waals surface area (Å²) in [5, 5.41) is 14.0. The van der Waals surface area contributed by atoms with Crippen LogP contribution in [0.25, 0.3) is 10.9 Å². The number of H-pyrrole nitrogens is 1. The van der Waals surface area contributed by atoms with Crippen LogP contribution in [-0.2, 0) is 6.54 Å². The maximum atomic E-state index is 13.7. The summed E-state index contributed by atoms with van der Waals surface area (Å²) in [4.78, 5) is 21.7. The van der Waals surface area contributed by atoms with Crippen LogP contribution in [0, 0.1) is 27.7 Å². The molecule has 8 heteroatoms. The number of aromatic nitrogens is 5. The van der Waals surface area contributed by atoms with Gasteiger partial charge in [0.1, 0.15) is 6.04 Å². The van der Waals surface area contributed by atoms with Gasteiger partial charge in [0, 0.05) is 37.4 Å². The molecule has 3 heterocycles. The third-order valence-corrected chi connectivity index (χ3v) is 8.19. The summed E-state index contributed by atoms with van der Waals surface area (Å²) in [6, 6.07) is 22.5. The highest BCUT2D eigenvalue weighted by molar-refractivity contribution is 5.83. The third kappa shape index (κ3) is 4.91. The average molecular weight is 534 g/mol. The van der Waals surface area contributed by atoms with Gasteiger partial charge in [-0.05, 0) is 84.0 Å². The van der Waals surface area contributed by atoms with E-state index in [0.29, 0.717) is 17.9 Å². The van der Waals surface area contributed by atoms with E-state index in [4.69, 9.17) is 0 Å². The lowest BCUT2D eigenvalue weighted by Crippen LogP contribution is -2.49. The molecule has 40 heavy (non-hydrogen) atoms. The lowest BCUT2D eigenvalue weighted by Gasteiger charge is -2.40. The summed E-state index contributed by atoms with van der Waals surface area (Å²) >= 11 is 0. The van der Waals surface area contributed by atoms with Gasteiger partial charge in [-0.25, -0.2) is 4.68 Å². The van der Waals surface area contributed by atoms with Crippen molar-refractivity contribution < 1.29 is 0 Å². The minimum atomic E-state index is -0.381. The summed E-state index contributed by atoms with van der Waals surface area (Å²) in [7, 11) is 0. The summed E-state index contributed by atoms with van der Waals surface area (Å²) in [6.45, 7) is 12.3. The van der Waals surface area contributed by atoms with E-state index in [0.717, 1.165) is 53.8 Å².